The number of hydrogen-bond acceptors (Lipinski definition) is 4. The summed E-state index contributed by atoms with van der Waals surface area (Å²) in [7, 11) is 0. The lowest BCUT2D eigenvalue weighted by atomic mass is 10.2. The van der Waals surface area contributed by atoms with Crippen LogP contribution in [0, 0.1) is 0 Å². The van der Waals surface area contributed by atoms with Gasteiger partial charge in [-0.25, -0.2) is 4.98 Å². The van der Waals surface area contributed by atoms with Gasteiger partial charge in [-0.3, -0.25) is 9.36 Å². The van der Waals surface area contributed by atoms with Crippen LogP contribution >= 0.6 is 11.8 Å². The summed E-state index contributed by atoms with van der Waals surface area (Å²) in [5.41, 5.74) is 1.24. The van der Waals surface area contributed by atoms with Gasteiger partial charge in [0.1, 0.15) is 16.3 Å². The third kappa shape index (κ3) is 3.09. The van der Waals surface area contributed by atoms with E-state index in [9.17, 15) is 9.90 Å². The average Bonchev–Trinajstić information content (AvgIpc) is 2.70. The molecule has 0 atom stereocenters. The quantitative estimate of drug-likeness (QED) is 0.589. The molecule has 2 aromatic carbocycles. The first-order valence-electron chi connectivity index (χ1n) is 8.21. The molecule has 0 aliphatic carbocycles. The SMILES string of the molecule is O=c1c(Sc2ccccc2)c(O)c2cccnc2n1Cc1ccccc1. The Labute approximate surface area is 154 Å². The molecule has 0 spiro atoms. The molecule has 0 saturated heterocycles. The number of benzene rings is 2. The largest absolute Gasteiger partial charge is 0.506 e. The van der Waals surface area contributed by atoms with Gasteiger partial charge in [-0.2, -0.15) is 0 Å². The van der Waals surface area contributed by atoms with E-state index >= 15 is 0 Å². The summed E-state index contributed by atoms with van der Waals surface area (Å²) in [5.74, 6) is -0.0173. The van der Waals surface area contributed by atoms with Gasteiger partial charge in [-0.05, 0) is 29.8 Å². The molecular formula is C21H16N2O2S. The van der Waals surface area contributed by atoms with E-state index in [4.69, 9.17) is 0 Å². The Morgan fingerprint density at radius 3 is 2.35 bits per heavy atom. The summed E-state index contributed by atoms with van der Waals surface area (Å²) in [6.45, 7) is 0.399. The molecule has 2 aromatic heterocycles. The number of hydrogen-bond donors (Lipinski definition) is 1. The van der Waals surface area contributed by atoms with E-state index in [1.54, 1.807) is 22.9 Å². The van der Waals surface area contributed by atoms with E-state index in [0.29, 0.717) is 22.5 Å². The van der Waals surface area contributed by atoms with Crippen LogP contribution in [0.2, 0.25) is 0 Å². The number of aromatic nitrogens is 2. The van der Waals surface area contributed by atoms with Crippen molar-refractivity contribution in [2.45, 2.75) is 16.3 Å². The van der Waals surface area contributed by atoms with Gasteiger partial charge in [0.2, 0.25) is 0 Å². The topological polar surface area (TPSA) is 55.1 Å². The zero-order valence-corrected chi connectivity index (χ0v) is 14.7. The number of rotatable bonds is 4. The molecule has 0 radical (unpaired) electrons. The van der Waals surface area contributed by atoms with Crippen molar-refractivity contribution in [3.63, 3.8) is 0 Å². The molecule has 1 N–H and O–H groups in total. The zero-order valence-electron chi connectivity index (χ0n) is 13.9. The van der Waals surface area contributed by atoms with Crippen LogP contribution in [0.25, 0.3) is 11.0 Å². The van der Waals surface area contributed by atoms with Crippen LogP contribution in [0.15, 0.2) is 93.6 Å². The average molecular weight is 360 g/mol. The molecule has 4 rings (SSSR count). The molecule has 4 aromatic rings. The summed E-state index contributed by atoms with van der Waals surface area (Å²) in [6, 6.07) is 22.9. The van der Waals surface area contributed by atoms with Crippen molar-refractivity contribution in [1.29, 1.82) is 0 Å². The van der Waals surface area contributed by atoms with Gasteiger partial charge in [0, 0.05) is 11.1 Å². The molecule has 0 saturated carbocycles. The molecule has 128 valence electrons. The van der Waals surface area contributed by atoms with Crippen molar-refractivity contribution in [2.75, 3.05) is 0 Å². The Balaban J connectivity index is 1.91. The van der Waals surface area contributed by atoms with E-state index in [0.717, 1.165) is 10.5 Å². The van der Waals surface area contributed by atoms with E-state index < -0.39 is 0 Å². The monoisotopic (exact) mass is 360 g/mol. The van der Waals surface area contributed by atoms with Crippen LogP contribution in [0.4, 0.5) is 0 Å². The lowest BCUT2D eigenvalue weighted by Crippen LogP contribution is -2.23. The van der Waals surface area contributed by atoms with Crippen LogP contribution in [-0.2, 0) is 6.54 Å². The first-order chi connectivity index (χ1) is 12.7. The van der Waals surface area contributed by atoms with Crippen molar-refractivity contribution in [2.24, 2.45) is 0 Å². The fourth-order valence-electron chi connectivity index (χ4n) is 2.85. The summed E-state index contributed by atoms with van der Waals surface area (Å²) in [5, 5.41) is 11.3. The molecular weight excluding hydrogens is 344 g/mol. The zero-order chi connectivity index (χ0) is 17.9. The highest BCUT2D eigenvalue weighted by Gasteiger charge is 2.18. The highest BCUT2D eigenvalue weighted by atomic mass is 32.2. The Morgan fingerprint density at radius 2 is 1.62 bits per heavy atom. The van der Waals surface area contributed by atoms with Crippen LogP contribution in [-0.4, -0.2) is 14.7 Å². The highest BCUT2D eigenvalue weighted by Crippen LogP contribution is 2.35. The first kappa shape index (κ1) is 16.4. The Hall–Kier alpha value is -3.05. The van der Waals surface area contributed by atoms with Crippen LogP contribution in [0.1, 0.15) is 5.56 Å². The summed E-state index contributed by atoms with van der Waals surface area (Å²) >= 11 is 1.27. The summed E-state index contributed by atoms with van der Waals surface area (Å²) in [6.07, 6.45) is 1.63. The smallest absolute Gasteiger partial charge is 0.270 e. The van der Waals surface area contributed by atoms with E-state index in [2.05, 4.69) is 4.98 Å². The van der Waals surface area contributed by atoms with Crippen molar-refractivity contribution in [3.05, 3.63) is 94.9 Å². The van der Waals surface area contributed by atoms with Gasteiger partial charge in [-0.1, -0.05) is 60.3 Å². The maximum Gasteiger partial charge on any atom is 0.270 e. The van der Waals surface area contributed by atoms with Crippen LogP contribution in [0.3, 0.4) is 0 Å². The molecule has 2 heterocycles. The molecule has 0 fully saturated rings. The molecule has 4 nitrogen and oxygen atoms in total. The second-order valence-electron chi connectivity index (χ2n) is 5.84. The number of nitrogens with zero attached hydrogens (tertiary/aromatic N) is 2. The van der Waals surface area contributed by atoms with Crippen molar-refractivity contribution in [1.82, 2.24) is 9.55 Å². The van der Waals surface area contributed by atoms with Crippen LogP contribution in [0.5, 0.6) is 5.75 Å². The van der Waals surface area contributed by atoms with Gasteiger partial charge in [-0.15, -0.1) is 0 Å². The summed E-state index contributed by atoms with van der Waals surface area (Å²) < 4.78 is 1.62. The molecule has 0 amide bonds. The molecule has 5 heteroatoms. The van der Waals surface area contributed by atoms with E-state index in [1.165, 1.54) is 11.8 Å². The minimum atomic E-state index is -0.244. The maximum atomic E-state index is 13.2. The minimum absolute atomic E-state index is 0.0173. The third-order valence-corrected chi connectivity index (χ3v) is 5.18. The molecule has 0 aliphatic rings. The Kier molecular flexibility index (Phi) is 4.46. The first-order valence-corrected chi connectivity index (χ1v) is 9.03. The van der Waals surface area contributed by atoms with Crippen molar-refractivity contribution >= 4 is 22.8 Å². The van der Waals surface area contributed by atoms with Crippen molar-refractivity contribution in [3.8, 4) is 5.75 Å². The number of aromatic hydroxyl groups is 1. The Morgan fingerprint density at radius 1 is 0.923 bits per heavy atom. The standard InChI is InChI=1S/C21H16N2O2S/c24-18-17-12-7-13-22-20(17)23(14-15-8-3-1-4-9-15)21(25)19(18)26-16-10-5-2-6-11-16/h1-13,24H,14H2. The third-order valence-electron chi connectivity index (χ3n) is 4.10. The van der Waals surface area contributed by atoms with Crippen LogP contribution < -0.4 is 5.56 Å². The summed E-state index contributed by atoms with van der Waals surface area (Å²) in [4.78, 5) is 18.7. The molecule has 26 heavy (non-hydrogen) atoms. The van der Waals surface area contributed by atoms with E-state index in [1.807, 2.05) is 60.7 Å². The molecule has 0 unspecified atom stereocenters. The normalized spacial score (nSPS) is 10.9. The second kappa shape index (κ2) is 7.06. The predicted molar refractivity (Wildman–Crippen MR) is 104 cm³/mol. The van der Waals surface area contributed by atoms with E-state index in [-0.39, 0.29) is 11.3 Å². The second-order valence-corrected chi connectivity index (χ2v) is 6.93. The lowest BCUT2D eigenvalue weighted by Gasteiger charge is -2.14. The maximum absolute atomic E-state index is 13.2. The number of pyridine rings is 2. The number of fused-ring (bicyclic) bond motifs is 1. The minimum Gasteiger partial charge on any atom is -0.506 e. The van der Waals surface area contributed by atoms with Gasteiger partial charge < -0.3 is 5.11 Å². The predicted octanol–water partition coefficient (Wildman–Crippen LogP) is 4.30. The Bertz CT molecular complexity index is 1110. The lowest BCUT2D eigenvalue weighted by molar-refractivity contribution is 0.464. The van der Waals surface area contributed by atoms with Gasteiger partial charge in [0.15, 0.2) is 0 Å². The molecule has 0 bridgehead atoms. The van der Waals surface area contributed by atoms with Crippen molar-refractivity contribution < 1.29 is 5.11 Å². The van der Waals surface area contributed by atoms with Gasteiger partial charge in [0.05, 0.1) is 11.9 Å². The van der Waals surface area contributed by atoms with Gasteiger partial charge >= 0.3 is 0 Å². The van der Waals surface area contributed by atoms with Gasteiger partial charge in [0.25, 0.3) is 5.56 Å². The fraction of sp³-hybridized carbons (Fsp3) is 0.0476. The molecule has 0 aliphatic heterocycles. The fourth-order valence-corrected chi connectivity index (χ4v) is 3.78. The highest BCUT2D eigenvalue weighted by molar-refractivity contribution is 7.99.